The van der Waals surface area contributed by atoms with Gasteiger partial charge in [0.1, 0.15) is 0 Å². The van der Waals surface area contributed by atoms with E-state index in [2.05, 4.69) is 57.5 Å². The van der Waals surface area contributed by atoms with Crippen LogP contribution < -0.4 is 10.2 Å². The van der Waals surface area contributed by atoms with E-state index in [1.54, 1.807) is 12.4 Å². The Bertz CT molecular complexity index is 662. The lowest BCUT2D eigenvalue weighted by Gasteiger charge is -2.22. The topological polar surface area (TPSA) is 48.5 Å². The van der Waals surface area contributed by atoms with Crippen LogP contribution in [0.25, 0.3) is 0 Å². The molecule has 0 aliphatic carbocycles. The Morgan fingerprint density at radius 2 is 2.12 bits per heavy atom. The number of aromatic nitrogens is 1. The highest BCUT2D eigenvalue weighted by atomic mass is 16.1. The zero-order chi connectivity index (χ0) is 17.5. The standard InChI is InChI=1S/C20H26N4O/c1-23(12-10-20(25)22-18-6-5-11-21-14-18)15-17-9-13-24(16-17)19-7-3-2-4-8-19/h2-8,11,14,17H,9-10,12-13,15-16H2,1H3,(H,22,25)/t17-/m0/s1. The summed E-state index contributed by atoms with van der Waals surface area (Å²) in [7, 11) is 2.10. The van der Waals surface area contributed by atoms with E-state index in [0.717, 1.165) is 31.9 Å². The van der Waals surface area contributed by atoms with Gasteiger partial charge in [-0.05, 0) is 43.7 Å². The van der Waals surface area contributed by atoms with Gasteiger partial charge in [0.05, 0.1) is 11.9 Å². The Kier molecular flexibility index (Phi) is 6.01. The smallest absolute Gasteiger partial charge is 0.225 e. The summed E-state index contributed by atoms with van der Waals surface area (Å²) in [6, 6.07) is 14.3. The zero-order valence-electron chi connectivity index (χ0n) is 14.8. The molecule has 132 valence electrons. The van der Waals surface area contributed by atoms with Gasteiger partial charge < -0.3 is 15.1 Å². The Balaban J connectivity index is 1.38. The quantitative estimate of drug-likeness (QED) is 0.843. The second-order valence-corrected chi connectivity index (χ2v) is 6.74. The van der Waals surface area contributed by atoms with Crippen molar-refractivity contribution < 1.29 is 4.79 Å². The lowest BCUT2D eigenvalue weighted by molar-refractivity contribution is -0.116. The minimum Gasteiger partial charge on any atom is -0.371 e. The van der Waals surface area contributed by atoms with Crippen molar-refractivity contribution in [2.24, 2.45) is 5.92 Å². The van der Waals surface area contributed by atoms with Crippen molar-refractivity contribution in [2.75, 3.05) is 43.4 Å². The number of para-hydroxylation sites is 1. The van der Waals surface area contributed by atoms with Gasteiger partial charge in [0.15, 0.2) is 0 Å². The van der Waals surface area contributed by atoms with Crippen molar-refractivity contribution in [3.63, 3.8) is 0 Å². The molecule has 0 saturated carbocycles. The number of anilines is 2. The largest absolute Gasteiger partial charge is 0.371 e. The number of nitrogens with zero attached hydrogens (tertiary/aromatic N) is 3. The van der Waals surface area contributed by atoms with Gasteiger partial charge in [-0.3, -0.25) is 9.78 Å². The number of rotatable bonds is 7. The van der Waals surface area contributed by atoms with Crippen molar-refractivity contribution in [1.29, 1.82) is 0 Å². The molecule has 1 aromatic heterocycles. The first-order chi connectivity index (χ1) is 12.2. The van der Waals surface area contributed by atoms with Crippen LogP contribution in [0.3, 0.4) is 0 Å². The van der Waals surface area contributed by atoms with E-state index in [4.69, 9.17) is 0 Å². The van der Waals surface area contributed by atoms with Gasteiger partial charge in [-0.1, -0.05) is 18.2 Å². The Morgan fingerprint density at radius 3 is 2.88 bits per heavy atom. The molecule has 3 rings (SSSR count). The second kappa shape index (κ2) is 8.62. The predicted molar refractivity (Wildman–Crippen MR) is 102 cm³/mol. The van der Waals surface area contributed by atoms with Crippen LogP contribution in [0.15, 0.2) is 54.9 Å². The second-order valence-electron chi connectivity index (χ2n) is 6.74. The third-order valence-corrected chi connectivity index (χ3v) is 4.64. The summed E-state index contributed by atoms with van der Waals surface area (Å²) in [5.41, 5.74) is 2.06. The van der Waals surface area contributed by atoms with Crippen molar-refractivity contribution in [3.05, 3.63) is 54.9 Å². The summed E-state index contributed by atoms with van der Waals surface area (Å²) >= 11 is 0. The molecule has 1 amide bonds. The SMILES string of the molecule is CN(CCC(=O)Nc1cccnc1)C[C@@H]1CCN(c2ccccc2)C1. The van der Waals surface area contributed by atoms with Crippen LogP contribution >= 0.6 is 0 Å². The molecule has 5 nitrogen and oxygen atoms in total. The number of hydrogen-bond donors (Lipinski definition) is 1. The lowest BCUT2D eigenvalue weighted by atomic mass is 10.1. The fourth-order valence-electron chi connectivity index (χ4n) is 3.34. The average Bonchev–Trinajstić information content (AvgIpc) is 3.10. The van der Waals surface area contributed by atoms with Gasteiger partial charge in [0, 0.05) is 44.5 Å². The normalized spacial score (nSPS) is 17.0. The Labute approximate surface area is 149 Å². The minimum absolute atomic E-state index is 0.0391. The van der Waals surface area contributed by atoms with Crippen molar-refractivity contribution >= 4 is 17.3 Å². The average molecular weight is 338 g/mol. The van der Waals surface area contributed by atoms with E-state index in [-0.39, 0.29) is 5.91 Å². The van der Waals surface area contributed by atoms with Crippen molar-refractivity contribution in [3.8, 4) is 0 Å². The summed E-state index contributed by atoms with van der Waals surface area (Å²) in [5.74, 6) is 0.698. The maximum atomic E-state index is 12.0. The number of nitrogens with one attached hydrogen (secondary N) is 1. The number of hydrogen-bond acceptors (Lipinski definition) is 4. The van der Waals surface area contributed by atoms with Gasteiger partial charge >= 0.3 is 0 Å². The number of carbonyl (C=O) groups excluding carboxylic acids is 1. The zero-order valence-corrected chi connectivity index (χ0v) is 14.8. The van der Waals surface area contributed by atoms with E-state index in [9.17, 15) is 4.79 Å². The third-order valence-electron chi connectivity index (χ3n) is 4.64. The third kappa shape index (κ3) is 5.29. The number of carbonyl (C=O) groups is 1. The Hall–Kier alpha value is -2.40. The highest BCUT2D eigenvalue weighted by Gasteiger charge is 2.23. The fourth-order valence-corrected chi connectivity index (χ4v) is 3.34. The molecule has 1 saturated heterocycles. The van der Waals surface area contributed by atoms with Crippen LogP contribution in [-0.4, -0.2) is 49.0 Å². The molecule has 2 heterocycles. The molecule has 1 atom stereocenters. The fraction of sp³-hybridized carbons (Fsp3) is 0.400. The highest BCUT2D eigenvalue weighted by molar-refractivity contribution is 5.90. The highest BCUT2D eigenvalue weighted by Crippen LogP contribution is 2.23. The van der Waals surface area contributed by atoms with Crippen LogP contribution in [-0.2, 0) is 4.79 Å². The molecule has 5 heteroatoms. The van der Waals surface area contributed by atoms with Crippen molar-refractivity contribution in [1.82, 2.24) is 9.88 Å². The summed E-state index contributed by atoms with van der Waals surface area (Å²) in [6.07, 6.45) is 5.07. The number of benzene rings is 1. The van der Waals surface area contributed by atoms with Crippen LogP contribution in [0.4, 0.5) is 11.4 Å². The molecule has 25 heavy (non-hydrogen) atoms. The van der Waals surface area contributed by atoms with E-state index >= 15 is 0 Å². The maximum absolute atomic E-state index is 12.0. The van der Waals surface area contributed by atoms with Crippen LogP contribution in [0.5, 0.6) is 0 Å². The molecule has 0 bridgehead atoms. The molecule has 1 aliphatic rings. The summed E-state index contributed by atoms with van der Waals surface area (Å²) in [4.78, 5) is 20.7. The van der Waals surface area contributed by atoms with E-state index in [0.29, 0.717) is 12.3 Å². The van der Waals surface area contributed by atoms with Gasteiger partial charge in [-0.25, -0.2) is 0 Å². The van der Waals surface area contributed by atoms with Gasteiger partial charge in [0.2, 0.25) is 5.91 Å². The molecule has 2 aromatic rings. The summed E-state index contributed by atoms with van der Waals surface area (Å²) < 4.78 is 0. The number of pyridine rings is 1. The molecule has 0 unspecified atom stereocenters. The minimum atomic E-state index is 0.0391. The number of amides is 1. The Morgan fingerprint density at radius 1 is 1.28 bits per heavy atom. The van der Waals surface area contributed by atoms with Crippen LogP contribution in [0.1, 0.15) is 12.8 Å². The first-order valence-electron chi connectivity index (χ1n) is 8.89. The van der Waals surface area contributed by atoms with Crippen molar-refractivity contribution in [2.45, 2.75) is 12.8 Å². The molecule has 1 aliphatic heterocycles. The van der Waals surface area contributed by atoms with Crippen LogP contribution in [0, 0.1) is 5.92 Å². The first kappa shape index (κ1) is 17.4. The van der Waals surface area contributed by atoms with E-state index in [1.165, 1.54) is 12.1 Å². The molecule has 1 fully saturated rings. The lowest BCUT2D eigenvalue weighted by Crippen LogP contribution is -2.30. The summed E-state index contributed by atoms with van der Waals surface area (Å²) in [6.45, 7) is 4.01. The van der Waals surface area contributed by atoms with Gasteiger partial charge in [0.25, 0.3) is 0 Å². The van der Waals surface area contributed by atoms with E-state index in [1.807, 2.05) is 12.1 Å². The molecule has 0 radical (unpaired) electrons. The molecular formula is C20H26N4O. The first-order valence-corrected chi connectivity index (χ1v) is 8.89. The van der Waals surface area contributed by atoms with Crippen LogP contribution in [0.2, 0.25) is 0 Å². The summed E-state index contributed by atoms with van der Waals surface area (Å²) in [5, 5.41) is 2.88. The monoisotopic (exact) mass is 338 g/mol. The van der Waals surface area contributed by atoms with E-state index < -0.39 is 0 Å². The van der Waals surface area contributed by atoms with Gasteiger partial charge in [-0.2, -0.15) is 0 Å². The molecule has 1 N–H and O–H groups in total. The molecular weight excluding hydrogens is 312 g/mol. The molecule has 0 spiro atoms. The molecule has 1 aromatic carbocycles. The van der Waals surface area contributed by atoms with Gasteiger partial charge in [-0.15, -0.1) is 0 Å². The maximum Gasteiger partial charge on any atom is 0.225 e. The predicted octanol–water partition coefficient (Wildman–Crippen LogP) is 2.87.